The molecule has 0 amide bonds. The zero-order valence-electron chi connectivity index (χ0n) is 7.05. The molecule has 0 aromatic heterocycles. The molecule has 0 saturated carbocycles. The maximum atomic E-state index is 10.9. The molecule has 2 atom stereocenters. The quantitative estimate of drug-likeness (QED) is 0.412. The molecule has 5 heteroatoms. The summed E-state index contributed by atoms with van der Waals surface area (Å²) >= 11 is 0. The smallest absolute Gasteiger partial charge is 0.127 e. The Morgan fingerprint density at radius 1 is 1.18 bits per heavy atom. The van der Waals surface area contributed by atoms with Crippen LogP contribution in [0.15, 0.2) is 0 Å². The number of likely N-dealkylation sites (N-methyl/N-ethyl adjacent to an activating group) is 1. The molecule has 0 aliphatic heterocycles. The van der Waals surface area contributed by atoms with Gasteiger partial charge in [-0.2, -0.15) is 0 Å². The first-order valence-corrected chi connectivity index (χ1v) is 3.67. The van der Waals surface area contributed by atoms with E-state index in [1.807, 2.05) is 0 Å². The van der Waals surface area contributed by atoms with E-state index in [2.05, 4.69) is 0 Å². The van der Waals surface area contributed by atoms with Gasteiger partial charge in [0.1, 0.15) is 19.6 Å². The van der Waals surface area contributed by atoms with E-state index in [1.54, 1.807) is 7.11 Å². The molecule has 0 fully saturated rings. The lowest BCUT2D eigenvalue weighted by Gasteiger charge is -2.24. The lowest BCUT2D eigenvalue weighted by Crippen LogP contribution is -3.15. The van der Waals surface area contributed by atoms with E-state index in [-0.39, 0.29) is 10.1 Å². The summed E-state index contributed by atoms with van der Waals surface area (Å²) in [5.74, 6) is 0. The molecule has 0 aliphatic rings. The van der Waals surface area contributed by atoms with Gasteiger partial charge in [0.05, 0.1) is 13.7 Å². The first-order valence-electron chi connectivity index (χ1n) is 3.67. The Morgan fingerprint density at radius 3 is 2.27 bits per heavy atom. The van der Waals surface area contributed by atoms with Crippen LogP contribution in [0.5, 0.6) is 0 Å². The zero-order valence-corrected chi connectivity index (χ0v) is 7.05. The summed E-state index contributed by atoms with van der Waals surface area (Å²) < 4.78 is 4.71. The molecule has 5 nitrogen and oxygen atoms in total. The van der Waals surface area contributed by atoms with Crippen molar-refractivity contribution in [3.05, 3.63) is 10.4 Å². The third kappa shape index (κ3) is 7.70. The number of hydrogen-bond donors (Lipinski definition) is 2. The summed E-state index contributed by atoms with van der Waals surface area (Å²) in [6, 6.07) is 0. The van der Waals surface area contributed by atoms with Crippen molar-refractivity contribution < 1.29 is 14.9 Å². The van der Waals surface area contributed by atoms with E-state index in [1.165, 1.54) is 7.05 Å². The number of rotatable bonds is 6. The molecular weight excluding hydrogens is 148 g/mol. The van der Waals surface area contributed by atoms with Gasteiger partial charge < -0.3 is 25.3 Å². The minimum atomic E-state index is 0.0655. The van der Waals surface area contributed by atoms with Crippen molar-refractivity contribution in [2.45, 2.75) is 0 Å². The highest BCUT2D eigenvalue weighted by molar-refractivity contribution is 4.28. The average molecular weight is 164 g/mol. The van der Waals surface area contributed by atoms with Crippen LogP contribution in [0.2, 0.25) is 0 Å². The van der Waals surface area contributed by atoms with Gasteiger partial charge in [0.2, 0.25) is 0 Å². The van der Waals surface area contributed by atoms with Crippen LogP contribution in [-0.4, -0.2) is 40.4 Å². The van der Waals surface area contributed by atoms with Crippen LogP contribution < -0.4 is 10.1 Å². The number of methoxy groups -OCH3 is 1. The van der Waals surface area contributed by atoms with Crippen LogP contribution in [-0.2, 0) is 4.74 Å². The second kappa shape index (κ2) is 6.51. The summed E-state index contributed by atoms with van der Waals surface area (Å²) in [5, 5.41) is 21.5. The Bertz CT molecular complexity index is 89.9. The molecule has 0 rings (SSSR count). The molecule has 68 valence electrons. The van der Waals surface area contributed by atoms with E-state index < -0.39 is 0 Å². The molecule has 0 aromatic carbocycles. The lowest BCUT2D eigenvalue weighted by molar-refractivity contribution is -0.899. The van der Waals surface area contributed by atoms with Gasteiger partial charge in [-0.1, -0.05) is 0 Å². The fourth-order valence-electron chi connectivity index (χ4n) is 0.656. The third-order valence-electron chi connectivity index (χ3n) is 1.34. The Kier molecular flexibility index (Phi) is 6.39. The number of quaternary nitrogens is 2. The van der Waals surface area contributed by atoms with Crippen LogP contribution in [0.25, 0.3) is 0 Å². The summed E-state index contributed by atoms with van der Waals surface area (Å²) in [6.45, 7) is 1.60. The first-order chi connectivity index (χ1) is 5.16. The highest BCUT2D eigenvalue weighted by Crippen LogP contribution is 1.56. The second-order valence-corrected chi connectivity index (χ2v) is 2.48. The van der Waals surface area contributed by atoms with Gasteiger partial charge in [0, 0.05) is 7.11 Å². The zero-order chi connectivity index (χ0) is 8.69. The van der Waals surface area contributed by atoms with Crippen molar-refractivity contribution in [2.24, 2.45) is 0 Å². The van der Waals surface area contributed by atoms with Gasteiger partial charge >= 0.3 is 0 Å². The predicted octanol–water partition coefficient (Wildman–Crippen LogP) is -2.97. The molecule has 2 unspecified atom stereocenters. The van der Waals surface area contributed by atoms with E-state index in [0.717, 1.165) is 0 Å². The molecule has 0 radical (unpaired) electrons. The molecule has 0 heterocycles. The minimum absolute atomic E-state index is 0.0655. The van der Waals surface area contributed by atoms with Gasteiger partial charge in [-0.25, -0.2) is 0 Å². The number of ether oxygens (including phenoxy) is 1. The van der Waals surface area contributed by atoms with Crippen molar-refractivity contribution in [2.75, 3.05) is 40.4 Å². The minimum Gasteiger partial charge on any atom is -0.634 e. The molecule has 0 aliphatic carbocycles. The van der Waals surface area contributed by atoms with E-state index >= 15 is 0 Å². The Balaban J connectivity index is 3.15. The predicted molar refractivity (Wildman–Crippen MR) is 41.1 cm³/mol. The number of nitrogens with one attached hydrogen (secondary N) is 2. The fourth-order valence-corrected chi connectivity index (χ4v) is 0.656. The fraction of sp³-hybridized carbons (Fsp3) is 1.00. The third-order valence-corrected chi connectivity index (χ3v) is 1.34. The maximum absolute atomic E-state index is 10.9. The van der Waals surface area contributed by atoms with Crippen LogP contribution in [0.1, 0.15) is 0 Å². The van der Waals surface area contributed by atoms with Gasteiger partial charge in [-0.3, -0.25) is 0 Å². The highest BCUT2D eigenvalue weighted by atomic mass is 16.5. The molecule has 0 saturated heterocycles. The van der Waals surface area contributed by atoms with E-state index in [4.69, 9.17) is 4.74 Å². The summed E-state index contributed by atoms with van der Waals surface area (Å²) in [4.78, 5) is 0. The van der Waals surface area contributed by atoms with Gasteiger partial charge in [-0.05, 0) is 0 Å². The Morgan fingerprint density at radius 2 is 1.82 bits per heavy atom. The first kappa shape index (κ1) is 10.8. The second-order valence-electron chi connectivity index (χ2n) is 2.48. The molecule has 2 N–H and O–H groups in total. The van der Waals surface area contributed by atoms with Crippen LogP contribution in [0, 0.1) is 10.4 Å². The van der Waals surface area contributed by atoms with Crippen molar-refractivity contribution in [3.8, 4) is 0 Å². The number of hydroxylamine groups is 4. The normalized spacial score (nSPS) is 16.4. The maximum Gasteiger partial charge on any atom is 0.127 e. The van der Waals surface area contributed by atoms with Crippen LogP contribution >= 0.6 is 0 Å². The molecule has 11 heavy (non-hydrogen) atoms. The molecule has 0 bridgehead atoms. The molecule has 0 spiro atoms. The molecule has 0 aromatic rings. The summed E-state index contributed by atoms with van der Waals surface area (Å²) in [5.41, 5.74) is 0. The largest absolute Gasteiger partial charge is 0.634 e. The highest BCUT2D eigenvalue weighted by Gasteiger charge is 1.97. The van der Waals surface area contributed by atoms with Crippen molar-refractivity contribution in [3.63, 3.8) is 0 Å². The van der Waals surface area contributed by atoms with E-state index in [9.17, 15) is 10.4 Å². The Hall–Kier alpha value is -0.200. The SMILES string of the molecule is COCC[NH+]([O-])CC[NH+](C)[O-]. The van der Waals surface area contributed by atoms with Crippen molar-refractivity contribution in [1.29, 1.82) is 0 Å². The van der Waals surface area contributed by atoms with Crippen molar-refractivity contribution in [1.82, 2.24) is 0 Å². The standard InChI is InChI=1S/C6H16N2O3/c1-7(9)3-4-8(10)5-6-11-2/h7-8H,3-6H2,1-2H3. The van der Waals surface area contributed by atoms with Gasteiger partial charge in [0.15, 0.2) is 0 Å². The number of hydrogen-bond acceptors (Lipinski definition) is 3. The Labute approximate surface area is 66.7 Å². The van der Waals surface area contributed by atoms with Gasteiger partial charge in [-0.15, -0.1) is 0 Å². The lowest BCUT2D eigenvalue weighted by atomic mass is 10.5. The average Bonchev–Trinajstić information content (AvgIpc) is 1.97. The van der Waals surface area contributed by atoms with Crippen LogP contribution in [0.3, 0.4) is 0 Å². The van der Waals surface area contributed by atoms with Crippen molar-refractivity contribution >= 4 is 0 Å². The summed E-state index contributed by atoms with van der Waals surface area (Å²) in [6.07, 6.45) is 0. The molecular formula is C6H16N2O3. The monoisotopic (exact) mass is 164 g/mol. The van der Waals surface area contributed by atoms with E-state index in [0.29, 0.717) is 26.2 Å². The van der Waals surface area contributed by atoms with Gasteiger partial charge in [0.25, 0.3) is 0 Å². The van der Waals surface area contributed by atoms with Crippen LogP contribution in [0.4, 0.5) is 0 Å². The topological polar surface area (TPSA) is 64.2 Å². The summed E-state index contributed by atoms with van der Waals surface area (Å²) in [7, 11) is 3.04.